The molecule has 2 aromatic rings. The maximum atomic E-state index is 11.7. The second-order valence-corrected chi connectivity index (χ2v) is 4.51. The Labute approximate surface area is 117 Å². The Hall–Kier alpha value is -2.27. The third kappa shape index (κ3) is 4.13. The zero-order valence-corrected chi connectivity index (χ0v) is 11.3. The Balaban J connectivity index is 1.76. The van der Waals surface area contributed by atoms with Crippen molar-refractivity contribution in [1.82, 2.24) is 5.32 Å². The van der Waals surface area contributed by atoms with Crippen molar-refractivity contribution < 1.29 is 14.3 Å². The Morgan fingerprint density at radius 1 is 1.30 bits per heavy atom. The van der Waals surface area contributed by atoms with Gasteiger partial charge in [0.25, 0.3) is 0 Å². The van der Waals surface area contributed by atoms with Gasteiger partial charge in [-0.2, -0.15) is 0 Å². The van der Waals surface area contributed by atoms with E-state index in [-0.39, 0.29) is 6.03 Å². The highest BCUT2D eigenvalue weighted by Gasteiger charge is 2.04. The molecule has 1 unspecified atom stereocenters. The third-order valence-corrected chi connectivity index (χ3v) is 2.89. The lowest BCUT2D eigenvalue weighted by molar-refractivity contribution is 0.199. The maximum absolute atomic E-state index is 11.7. The van der Waals surface area contributed by atoms with Crippen LogP contribution >= 0.6 is 0 Å². The molecule has 3 N–H and O–H groups in total. The highest BCUT2D eigenvalue weighted by atomic mass is 16.3. The van der Waals surface area contributed by atoms with E-state index >= 15 is 0 Å². The summed E-state index contributed by atoms with van der Waals surface area (Å²) in [5.41, 5.74) is 1.50. The first-order chi connectivity index (χ1) is 9.65. The van der Waals surface area contributed by atoms with Crippen LogP contribution in [0.1, 0.15) is 24.4 Å². The van der Waals surface area contributed by atoms with Gasteiger partial charge < -0.3 is 20.2 Å². The number of amides is 2. The second-order valence-electron chi connectivity index (χ2n) is 4.51. The molecule has 0 fully saturated rings. The zero-order chi connectivity index (χ0) is 14.4. The number of furan rings is 1. The van der Waals surface area contributed by atoms with Crippen LogP contribution in [0.2, 0.25) is 0 Å². The zero-order valence-electron chi connectivity index (χ0n) is 11.3. The van der Waals surface area contributed by atoms with Crippen LogP contribution in [0.25, 0.3) is 0 Å². The summed E-state index contributed by atoms with van der Waals surface area (Å²) in [5, 5.41) is 14.9. The molecule has 0 aliphatic heterocycles. The van der Waals surface area contributed by atoms with Gasteiger partial charge in [-0.05, 0) is 36.8 Å². The molecule has 5 heteroatoms. The summed E-state index contributed by atoms with van der Waals surface area (Å²) in [6.45, 7) is 2.20. The minimum Gasteiger partial charge on any atom is -0.469 e. The van der Waals surface area contributed by atoms with Gasteiger partial charge in [0.1, 0.15) is 5.76 Å². The van der Waals surface area contributed by atoms with Crippen molar-refractivity contribution in [3.05, 3.63) is 54.0 Å². The van der Waals surface area contributed by atoms with Crippen molar-refractivity contribution in [3.8, 4) is 0 Å². The highest BCUT2D eigenvalue weighted by Crippen LogP contribution is 2.15. The van der Waals surface area contributed by atoms with E-state index in [2.05, 4.69) is 10.6 Å². The second kappa shape index (κ2) is 6.77. The van der Waals surface area contributed by atoms with E-state index < -0.39 is 6.10 Å². The first kappa shape index (κ1) is 14.1. The van der Waals surface area contributed by atoms with Crippen LogP contribution in [-0.2, 0) is 6.42 Å². The molecule has 0 radical (unpaired) electrons. The largest absolute Gasteiger partial charge is 0.469 e. The molecule has 0 bridgehead atoms. The fourth-order valence-corrected chi connectivity index (χ4v) is 1.77. The molecule has 0 saturated heterocycles. The summed E-state index contributed by atoms with van der Waals surface area (Å²) < 4.78 is 5.17. The average Bonchev–Trinajstić information content (AvgIpc) is 2.92. The molecule has 0 aliphatic rings. The number of carbonyl (C=O) groups is 1. The lowest BCUT2D eigenvalue weighted by atomic mass is 10.1. The summed E-state index contributed by atoms with van der Waals surface area (Å²) in [7, 11) is 0. The lowest BCUT2D eigenvalue weighted by Gasteiger charge is -2.09. The number of benzene rings is 1. The average molecular weight is 274 g/mol. The summed E-state index contributed by atoms with van der Waals surface area (Å²) in [5.74, 6) is 0.839. The molecule has 2 rings (SSSR count). The predicted octanol–water partition coefficient (Wildman–Crippen LogP) is 2.70. The molecule has 1 aromatic heterocycles. The van der Waals surface area contributed by atoms with Crippen LogP contribution < -0.4 is 10.6 Å². The first-order valence-corrected chi connectivity index (χ1v) is 6.50. The van der Waals surface area contributed by atoms with Crippen LogP contribution in [0, 0.1) is 0 Å². The lowest BCUT2D eigenvalue weighted by Crippen LogP contribution is -2.30. The van der Waals surface area contributed by atoms with Crippen LogP contribution in [0.4, 0.5) is 10.5 Å². The van der Waals surface area contributed by atoms with Gasteiger partial charge in [0.05, 0.1) is 12.4 Å². The molecule has 0 saturated carbocycles. The summed E-state index contributed by atoms with van der Waals surface area (Å²) in [4.78, 5) is 11.7. The fourth-order valence-electron chi connectivity index (χ4n) is 1.77. The van der Waals surface area contributed by atoms with Crippen LogP contribution in [0.3, 0.4) is 0 Å². The molecule has 1 aromatic carbocycles. The number of aliphatic hydroxyl groups is 1. The van der Waals surface area contributed by atoms with Crippen molar-refractivity contribution in [1.29, 1.82) is 0 Å². The molecule has 1 heterocycles. The van der Waals surface area contributed by atoms with E-state index in [1.807, 2.05) is 12.1 Å². The fraction of sp³-hybridized carbons (Fsp3) is 0.267. The van der Waals surface area contributed by atoms with E-state index in [0.29, 0.717) is 18.7 Å². The molecule has 0 spiro atoms. The van der Waals surface area contributed by atoms with E-state index in [4.69, 9.17) is 4.42 Å². The molecule has 0 aliphatic carbocycles. The number of rotatable bonds is 5. The Kier molecular flexibility index (Phi) is 4.79. The smallest absolute Gasteiger partial charge is 0.319 e. The minimum absolute atomic E-state index is 0.263. The summed E-state index contributed by atoms with van der Waals surface area (Å²) in [6.07, 6.45) is 1.76. The number of urea groups is 1. The Morgan fingerprint density at radius 3 is 2.65 bits per heavy atom. The topological polar surface area (TPSA) is 74.5 Å². The van der Waals surface area contributed by atoms with Crippen LogP contribution in [0.15, 0.2) is 47.1 Å². The van der Waals surface area contributed by atoms with E-state index in [0.717, 1.165) is 11.3 Å². The van der Waals surface area contributed by atoms with Crippen molar-refractivity contribution in [3.63, 3.8) is 0 Å². The Bertz CT molecular complexity index is 533. The molecule has 106 valence electrons. The van der Waals surface area contributed by atoms with Gasteiger partial charge in [0.2, 0.25) is 0 Å². The quantitative estimate of drug-likeness (QED) is 0.784. The normalized spacial score (nSPS) is 11.9. The number of aliphatic hydroxyl groups excluding tert-OH is 1. The minimum atomic E-state index is -0.508. The number of anilines is 1. The highest BCUT2D eigenvalue weighted by molar-refractivity contribution is 5.89. The molecule has 5 nitrogen and oxygen atoms in total. The summed E-state index contributed by atoms with van der Waals surface area (Å²) >= 11 is 0. The van der Waals surface area contributed by atoms with Gasteiger partial charge in [0, 0.05) is 18.7 Å². The molecule has 20 heavy (non-hydrogen) atoms. The monoisotopic (exact) mass is 274 g/mol. The van der Waals surface area contributed by atoms with Gasteiger partial charge in [-0.3, -0.25) is 0 Å². The molecule has 2 amide bonds. The van der Waals surface area contributed by atoms with E-state index in [1.54, 1.807) is 37.5 Å². The Morgan fingerprint density at radius 2 is 2.05 bits per heavy atom. The predicted molar refractivity (Wildman–Crippen MR) is 76.5 cm³/mol. The van der Waals surface area contributed by atoms with Crippen molar-refractivity contribution >= 4 is 11.7 Å². The number of hydrogen-bond donors (Lipinski definition) is 3. The van der Waals surface area contributed by atoms with Crippen molar-refractivity contribution in [2.24, 2.45) is 0 Å². The van der Waals surface area contributed by atoms with E-state index in [9.17, 15) is 9.90 Å². The molecular weight excluding hydrogens is 256 g/mol. The van der Waals surface area contributed by atoms with Crippen molar-refractivity contribution in [2.45, 2.75) is 19.4 Å². The van der Waals surface area contributed by atoms with Gasteiger partial charge in [-0.15, -0.1) is 0 Å². The van der Waals surface area contributed by atoms with Crippen LogP contribution in [0.5, 0.6) is 0 Å². The van der Waals surface area contributed by atoms with Crippen LogP contribution in [-0.4, -0.2) is 17.7 Å². The van der Waals surface area contributed by atoms with Gasteiger partial charge >= 0.3 is 6.03 Å². The van der Waals surface area contributed by atoms with Gasteiger partial charge in [0.15, 0.2) is 0 Å². The maximum Gasteiger partial charge on any atom is 0.319 e. The van der Waals surface area contributed by atoms with E-state index in [1.165, 1.54) is 0 Å². The standard InChI is InChI=1S/C15H18N2O3/c1-11(18)12-4-6-13(7-5-12)17-15(19)16-9-8-14-3-2-10-20-14/h2-7,10-11,18H,8-9H2,1H3,(H2,16,17,19). The molecule has 1 atom stereocenters. The number of carbonyl (C=O) groups excluding carboxylic acids is 1. The third-order valence-electron chi connectivity index (χ3n) is 2.89. The molecular formula is C15H18N2O3. The number of hydrogen-bond acceptors (Lipinski definition) is 3. The SMILES string of the molecule is CC(O)c1ccc(NC(=O)NCCc2ccco2)cc1. The number of nitrogens with one attached hydrogen (secondary N) is 2. The van der Waals surface area contributed by atoms with Crippen molar-refractivity contribution in [2.75, 3.05) is 11.9 Å². The summed E-state index contributed by atoms with van der Waals surface area (Å²) in [6, 6.07) is 10.5. The van der Waals surface area contributed by atoms with Gasteiger partial charge in [-0.1, -0.05) is 12.1 Å². The first-order valence-electron chi connectivity index (χ1n) is 6.50. The van der Waals surface area contributed by atoms with Gasteiger partial charge in [-0.25, -0.2) is 4.79 Å².